The van der Waals surface area contributed by atoms with E-state index in [1.165, 1.54) is 0 Å². The van der Waals surface area contributed by atoms with Crippen molar-refractivity contribution in [2.45, 2.75) is 19.4 Å². The molecule has 0 aliphatic carbocycles. The second-order valence-electron chi connectivity index (χ2n) is 5.46. The number of carbonyl (C=O) groups excluding carboxylic acids is 1. The molecule has 0 saturated heterocycles. The molecular weight excluding hydrogens is 270 g/mol. The van der Waals surface area contributed by atoms with Crippen molar-refractivity contribution in [3.8, 4) is 0 Å². The van der Waals surface area contributed by atoms with Crippen LogP contribution >= 0.6 is 0 Å². The van der Waals surface area contributed by atoms with Crippen LogP contribution in [0, 0.1) is 6.92 Å². The maximum absolute atomic E-state index is 12.5. The highest BCUT2D eigenvalue weighted by molar-refractivity contribution is 5.91. The van der Waals surface area contributed by atoms with Gasteiger partial charge in [-0.1, -0.05) is 0 Å². The summed E-state index contributed by atoms with van der Waals surface area (Å²) in [6.45, 7) is 3.53. The maximum Gasteiger partial charge on any atom is 0.289 e. The lowest BCUT2D eigenvalue weighted by Crippen LogP contribution is -2.39. The van der Waals surface area contributed by atoms with Gasteiger partial charge in [0.15, 0.2) is 5.76 Å². The standard InChI is InChI=1S/C15H19N3O3/c1-10-4-5-13(21-10)15(19)18-7-11-6-17(2)16-14(11)12(8-18)9-20-3/h4-6,12H,7-9H2,1-3H3. The third kappa shape index (κ3) is 2.58. The Morgan fingerprint density at radius 2 is 2.33 bits per heavy atom. The molecule has 0 aromatic carbocycles. The number of carbonyl (C=O) groups is 1. The van der Waals surface area contributed by atoms with Crippen LogP contribution in [0.3, 0.4) is 0 Å². The fourth-order valence-corrected chi connectivity index (χ4v) is 2.84. The molecule has 0 bridgehead atoms. The molecule has 112 valence electrons. The second kappa shape index (κ2) is 5.37. The van der Waals surface area contributed by atoms with E-state index in [0.29, 0.717) is 25.5 Å². The maximum atomic E-state index is 12.5. The van der Waals surface area contributed by atoms with Crippen molar-refractivity contribution < 1.29 is 13.9 Å². The minimum Gasteiger partial charge on any atom is -0.456 e. The van der Waals surface area contributed by atoms with E-state index in [-0.39, 0.29) is 11.8 Å². The van der Waals surface area contributed by atoms with Crippen molar-refractivity contribution in [3.05, 3.63) is 41.1 Å². The summed E-state index contributed by atoms with van der Waals surface area (Å²) in [6, 6.07) is 3.53. The predicted octanol–water partition coefficient (Wildman–Crippen LogP) is 1.71. The summed E-state index contributed by atoms with van der Waals surface area (Å²) in [4.78, 5) is 14.3. The molecule has 3 rings (SSSR count). The molecule has 1 unspecified atom stereocenters. The van der Waals surface area contributed by atoms with E-state index in [4.69, 9.17) is 9.15 Å². The fraction of sp³-hybridized carbons (Fsp3) is 0.467. The molecule has 2 aromatic rings. The van der Waals surface area contributed by atoms with Gasteiger partial charge in [0, 0.05) is 44.9 Å². The molecule has 6 nitrogen and oxygen atoms in total. The highest BCUT2D eigenvalue weighted by Crippen LogP contribution is 2.28. The highest BCUT2D eigenvalue weighted by atomic mass is 16.5. The summed E-state index contributed by atoms with van der Waals surface area (Å²) >= 11 is 0. The number of nitrogens with zero attached hydrogens (tertiary/aromatic N) is 3. The molecule has 21 heavy (non-hydrogen) atoms. The molecule has 1 aliphatic rings. The van der Waals surface area contributed by atoms with E-state index in [0.717, 1.165) is 17.0 Å². The van der Waals surface area contributed by atoms with Crippen LogP contribution in [-0.4, -0.2) is 40.8 Å². The van der Waals surface area contributed by atoms with Gasteiger partial charge in [-0.2, -0.15) is 5.10 Å². The van der Waals surface area contributed by atoms with E-state index in [1.54, 1.807) is 28.8 Å². The van der Waals surface area contributed by atoms with Gasteiger partial charge in [0.1, 0.15) is 5.76 Å². The zero-order valence-electron chi connectivity index (χ0n) is 12.5. The SMILES string of the molecule is COCC1CN(C(=O)c2ccc(C)o2)Cc2cn(C)nc21. The Balaban J connectivity index is 1.87. The highest BCUT2D eigenvalue weighted by Gasteiger charge is 2.32. The van der Waals surface area contributed by atoms with Crippen LogP contribution in [0.1, 0.15) is 33.5 Å². The monoisotopic (exact) mass is 289 g/mol. The second-order valence-corrected chi connectivity index (χ2v) is 5.46. The number of ether oxygens (including phenoxy) is 1. The number of fused-ring (bicyclic) bond motifs is 1. The molecule has 2 aromatic heterocycles. The summed E-state index contributed by atoms with van der Waals surface area (Å²) in [7, 11) is 3.56. The van der Waals surface area contributed by atoms with Crippen LogP contribution in [0.15, 0.2) is 22.7 Å². The molecule has 1 atom stereocenters. The molecule has 1 amide bonds. The zero-order valence-corrected chi connectivity index (χ0v) is 12.5. The molecular formula is C15H19N3O3. The van der Waals surface area contributed by atoms with Gasteiger partial charge in [-0.05, 0) is 19.1 Å². The number of amides is 1. The van der Waals surface area contributed by atoms with Crippen molar-refractivity contribution in [2.24, 2.45) is 7.05 Å². The molecule has 6 heteroatoms. The smallest absolute Gasteiger partial charge is 0.289 e. The first-order valence-corrected chi connectivity index (χ1v) is 6.95. The number of aromatic nitrogens is 2. The first-order chi connectivity index (χ1) is 10.1. The third-order valence-electron chi connectivity index (χ3n) is 3.73. The quantitative estimate of drug-likeness (QED) is 0.863. The third-order valence-corrected chi connectivity index (χ3v) is 3.73. The fourth-order valence-electron chi connectivity index (χ4n) is 2.84. The van der Waals surface area contributed by atoms with Gasteiger partial charge < -0.3 is 14.1 Å². The Morgan fingerprint density at radius 3 is 3.00 bits per heavy atom. The number of rotatable bonds is 3. The molecule has 0 fully saturated rings. The Hall–Kier alpha value is -2.08. The lowest BCUT2D eigenvalue weighted by Gasteiger charge is -2.31. The summed E-state index contributed by atoms with van der Waals surface area (Å²) in [5.41, 5.74) is 2.10. The number of furan rings is 1. The summed E-state index contributed by atoms with van der Waals surface area (Å²) in [5.74, 6) is 1.14. The van der Waals surface area contributed by atoms with Gasteiger partial charge in [0.25, 0.3) is 5.91 Å². The van der Waals surface area contributed by atoms with Gasteiger partial charge >= 0.3 is 0 Å². The van der Waals surface area contributed by atoms with Crippen molar-refractivity contribution in [2.75, 3.05) is 20.3 Å². The summed E-state index contributed by atoms with van der Waals surface area (Å²) < 4.78 is 12.5. The molecule has 0 saturated carbocycles. The summed E-state index contributed by atoms with van der Waals surface area (Å²) in [5, 5.41) is 4.50. The largest absolute Gasteiger partial charge is 0.456 e. The summed E-state index contributed by atoms with van der Waals surface area (Å²) in [6.07, 6.45) is 1.96. The Kier molecular flexibility index (Phi) is 3.55. The Labute approximate surface area is 123 Å². The van der Waals surface area contributed by atoms with E-state index in [1.807, 2.05) is 20.2 Å². The van der Waals surface area contributed by atoms with Crippen molar-refractivity contribution >= 4 is 5.91 Å². The van der Waals surface area contributed by atoms with Crippen molar-refractivity contribution in [1.29, 1.82) is 0 Å². The number of hydrogen-bond donors (Lipinski definition) is 0. The zero-order chi connectivity index (χ0) is 15.0. The molecule has 0 radical (unpaired) electrons. The van der Waals surface area contributed by atoms with Crippen LogP contribution in [0.2, 0.25) is 0 Å². The molecule has 0 spiro atoms. The van der Waals surface area contributed by atoms with Gasteiger partial charge in [-0.25, -0.2) is 0 Å². The van der Waals surface area contributed by atoms with Crippen molar-refractivity contribution in [3.63, 3.8) is 0 Å². The first kappa shape index (κ1) is 13.9. The van der Waals surface area contributed by atoms with E-state index >= 15 is 0 Å². The van der Waals surface area contributed by atoms with Gasteiger partial charge in [-0.3, -0.25) is 9.48 Å². The lowest BCUT2D eigenvalue weighted by atomic mass is 9.97. The van der Waals surface area contributed by atoms with Crippen molar-refractivity contribution in [1.82, 2.24) is 14.7 Å². The number of methoxy groups -OCH3 is 1. The average molecular weight is 289 g/mol. The van der Waals surface area contributed by atoms with Crippen LogP contribution in [0.5, 0.6) is 0 Å². The number of hydrogen-bond acceptors (Lipinski definition) is 4. The van der Waals surface area contributed by atoms with E-state index in [2.05, 4.69) is 5.10 Å². The van der Waals surface area contributed by atoms with Crippen LogP contribution in [-0.2, 0) is 18.3 Å². The predicted molar refractivity (Wildman–Crippen MR) is 76.0 cm³/mol. The first-order valence-electron chi connectivity index (χ1n) is 6.95. The minimum atomic E-state index is -0.0845. The van der Waals surface area contributed by atoms with Crippen LogP contribution < -0.4 is 0 Å². The molecule has 1 aliphatic heterocycles. The van der Waals surface area contributed by atoms with Crippen LogP contribution in [0.25, 0.3) is 0 Å². The van der Waals surface area contributed by atoms with Gasteiger partial charge in [0.2, 0.25) is 0 Å². The average Bonchev–Trinajstić information content (AvgIpc) is 3.03. The normalized spacial score (nSPS) is 17.9. The van der Waals surface area contributed by atoms with Gasteiger partial charge in [0.05, 0.1) is 12.3 Å². The minimum absolute atomic E-state index is 0.0845. The molecule has 0 N–H and O–H groups in total. The number of aryl methyl sites for hydroxylation is 2. The van der Waals surface area contributed by atoms with E-state index < -0.39 is 0 Å². The topological polar surface area (TPSA) is 60.5 Å². The lowest BCUT2D eigenvalue weighted by molar-refractivity contribution is 0.0646. The van der Waals surface area contributed by atoms with Crippen LogP contribution in [0.4, 0.5) is 0 Å². The Bertz CT molecular complexity index is 659. The Morgan fingerprint density at radius 1 is 1.52 bits per heavy atom. The van der Waals surface area contributed by atoms with Gasteiger partial charge in [-0.15, -0.1) is 0 Å². The van der Waals surface area contributed by atoms with E-state index in [9.17, 15) is 4.79 Å². The molecule has 3 heterocycles.